The molecule has 0 aliphatic heterocycles. The van der Waals surface area contributed by atoms with Crippen LogP contribution in [0.1, 0.15) is 10.4 Å². The molecule has 20 heavy (non-hydrogen) atoms. The van der Waals surface area contributed by atoms with Crippen LogP contribution in [0.3, 0.4) is 0 Å². The van der Waals surface area contributed by atoms with E-state index in [9.17, 15) is 9.59 Å². The summed E-state index contributed by atoms with van der Waals surface area (Å²) >= 11 is 5.99. The Hall–Kier alpha value is -2.03. The largest absolute Gasteiger partial charge is 0.345 e. The van der Waals surface area contributed by atoms with Gasteiger partial charge in [0.15, 0.2) is 0 Å². The average molecular weight is 294 g/mol. The fraction of sp³-hybridized carbons (Fsp3) is 0.286. The standard InChI is InChI=1S/C14H16ClN3O2/c1-4-7-16-9-13(19)17-12-8-10(5-6-11(12)15)14(20)18(2)3/h1,5-6,8,16H,7,9H2,2-3H3,(H,17,19). The molecule has 0 spiro atoms. The van der Waals surface area contributed by atoms with Gasteiger partial charge in [0.1, 0.15) is 0 Å². The number of terminal acetylenes is 1. The highest BCUT2D eigenvalue weighted by molar-refractivity contribution is 6.33. The fourth-order valence-electron chi connectivity index (χ4n) is 1.45. The predicted octanol–water partition coefficient (Wildman–Crippen LogP) is 1.20. The molecule has 6 heteroatoms. The van der Waals surface area contributed by atoms with E-state index in [2.05, 4.69) is 16.6 Å². The molecule has 106 valence electrons. The summed E-state index contributed by atoms with van der Waals surface area (Å²) in [7, 11) is 3.30. The first kappa shape index (κ1) is 16.0. The second-order valence-electron chi connectivity index (χ2n) is 4.25. The number of benzene rings is 1. The van der Waals surface area contributed by atoms with Gasteiger partial charge in [-0.05, 0) is 18.2 Å². The summed E-state index contributed by atoms with van der Waals surface area (Å²) in [4.78, 5) is 24.9. The minimum absolute atomic E-state index is 0.0758. The van der Waals surface area contributed by atoms with Crippen molar-refractivity contribution in [2.75, 3.05) is 32.5 Å². The molecular formula is C14H16ClN3O2. The zero-order chi connectivity index (χ0) is 15.1. The molecule has 5 nitrogen and oxygen atoms in total. The first-order chi connectivity index (χ1) is 9.45. The lowest BCUT2D eigenvalue weighted by atomic mass is 10.2. The van der Waals surface area contributed by atoms with Gasteiger partial charge in [0.25, 0.3) is 5.91 Å². The molecule has 0 saturated heterocycles. The van der Waals surface area contributed by atoms with Gasteiger partial charge >= 0.3 is 0 Å². The normalized spacial score (nSPS) is 9.70. The Morgan fingerprint density at radius 3 is 2.70 bits per heavy atom. The predicted molar refractivity (Wildman–Crippen MR) is 79.8 cm³/mol. The number of amides is 2. The number of hydrogen-bond acceptors (Lipinski definition) is 3. The Morgan fingerprint density at radius 1 is 1.40 bits per heavy atom. The van der Waals surface area contributed by atoms with Gasteiger partial charge in [0, 0.05) is 19.7 Å². The highest BCUT2D eigenvalue weighted by atomic mass is 35.5. The topological polar surface area (TPSA) is 61.4 Å². The number of anilines is 1. The van der Waals surface area contributed by atoms with Gasteiger partial charge in [0.2, 0.25) is 5.91 Å². The summed E-state index contributed by atoms with van der Waals surface area (Å²) in [6, 6.07) is 4.73. The fourth-order valence-corrected chi connectivity index (χ4v) is 1.62. The van der Waals surface area contributed by atoms with Crippen molar-refractivity contribution in [2.24, 2.45) is 0 Å². The molecule has 2 N–H and O–H groups in total. The van der Waals surface area contributed by atoms with Crippen LogP contribution in [0.4, 0.5) is 5.69 Å². The lowest BCUT2D eigenvalue weighted by molar-refractivity contribution is -0.115. The van der Waals surface area contributed by atoms with E-state index in [1.807, 2.05) is 0 Å². The van der Waals surface area contributed by atoms with E-state index in [1.165, 1.54) is 4.90 Å². The van der Waals surface area contributed by atoms with Gasteiger partial charge in [-0.1, -0.05) is 17.5 Å². The second kappa shape index (κ2) is 7.53. The SMILES string of the molecule is C#CCNCC(=O)Nc1cc(C(=O)N(C)C)ccc1Cl. The zero-order valence-electron chi connectivity index (χ0n) is 11.4. The number of carbonyl (C=O) groups is 2. The summed E-state index contributed by atoms with van der Waals surface area (Å²) in [6.07, 6.45) is 5.07. The molecule has 1 aromatic carbocycles. The monoisotopic (exact) mass is 293 g/mol. The Balaban J connectivity index is 2.79. The third-order valence-electron chi connectivity index (χ3n) is 2.41. The number of carbonyl (C=O) groups excluding carboxylic acids is 2. The first-order valence-electron chi connectivity index (χ1n) is 5.91. The summed E-state index contributed by atoms with van der Waals surface area (Å²) in [5, 5.41) is 5.76. The molecule has 0 aliphatic carbocycles. The third-order valence-corrected chi connectivity index (χ3v) is 2.74. The van der Waals surface area contributed by atoms with Crippen molar-refractivity contribution in [3.63, 3.8) is 0 Å². The van der Waals surface area contributed by atoms with Crippen molar-refractivity contribution in [3.05, 3.63) is 28.8 Å². The molecule has 0 heterocycles. The van der Waals surface area contributed by atoms with Crippen LogP contribution in [-0.2, 0) is 4.79 Å². The molecule has 0 saturated carbocycles. The number of nitrogens with one attached hydrogen (secondary N) is 2. The van der Waals surface area contributed by atoms with Crippen molar-refractivity contribution in [3.8, 4) is 12.3 Å². The van der Waals surface area contributed by atoms with Crippen molar-refractivity contribution in [2.45, 2.75) is 0 Å². The molecule has 1 rings (SSSR count). The minimum Gasteiger partial charge on any atom is -0.345 e. The lowest BCUT2D eigenvalue weighted by Gasteiger charge is -2.13. The van der Waals surface area contributed by atoms with Crippen molar-refractivity contribution in [1.29, 1.82) is 0 Å². The highest BCUT2D eigenvalue weighted by Crippen LogP contribution is 2.23. The molecule has 1 aromatic rings. The first-order valence-corrected chi connectivity index (χ1v) is 6.28. The molecule has 0 aliphatic rings. The molecular weight excluding hydrogens is 278 g/mol. The van der Waals surface area contributed by atoms with Crippen molar-refractivity contribution < 1.29 is 9.59 Å². The van der Waals surface area contributed by atoms with E-state index in [1.54, 1.807) is 32.3 Å². The van der Waals surface area contributed by atoms with Crippen LogP contribution >= 0.6 is 11.6 Å². The average Bonchev–Trinajstić information content (AvgIpc) is 2.40. The van der Waals surface area contributed by atoms with Crippen LogP contribution in [0.5, 0.6) is 0 Å². The van der Waals surface area contributed by atoms with Gasteiger partial charge in [-0.2, -0.15) is 0 Å². The maximum absolute atomic E-state index is 11.8. The summed E-state index contributed by atoms with van der Waals surface area (Å²) in [5.41, 5.74) is 0.846. The van der Waals surface area contributed by atoms with Crippen molar-refractivity contribution in [1.82, 2.24) is 10.2 Å². The number of rotatable bonds is 5. The molecule has 0 radical (unpaired) electrons. The van der Waals surface area contributed by atoms with E-state index < -0.39 is 0 Å². The maximum Gasteiger partial charge on any atom is 0.253 e. The zero-order valence-corrected chi connectivity index (χ0v) is 12.1. The highest BCUT2D eigenvalue weighted by Gasteiger charge is 2.12. The van der Waals surface area contributed by atoms with Crippen LogP contribution in [0.25, 0.3) is 0 Å². The van der Waals surface area contributed by atoms with E-state index in [4.69, 9.17) is 18.0 Å². The van der Waals surface area contributed by atoms with Gasteiger partial charge in [0.05, 0.1) is 23.8 Å². The molecule has 0 fully saturated rings. The number of hydrogen-bond donors (Lipinski definition) is 2. The minimum atomic E-state index is -0.281. The maximum atomic E-state index is 11.8. The molecule has 0 atom stereocenters. The second-order valence-corrected chi connectivity index (χ2v) is 4.66. The smallest absolute Gasteiger partial charge is 0.253 e. The summed E-state index contributed by atoms with van der Waals surface area (Å²) < 4.78 is 0. The Kier molecular flexibility index (Phi) is 6.04. The Morgan fingerprint density at radius 2 is 2.10 bits per heavy atom. The molecule has 2 amide bonds. The van der Waals surface area contributed by atoms with Crippen LogP contribution in [0, 0.1) is 12.3 Å². The quantitative estimate of drug-likeness (QED) is 0.633. The van der Waals surface area contributed by atoms with Crippen molar-refractivity contribution >= 4 is 29.1 Å². The van der Waals surface area contributed by atoms with E-state index >= 15 is 0 Å². The van der Waals surface area contributed by atoms with Gasteiger partial charge in [-0.25, -0.2) is 0 Å². The van der Waals surface area contributed by atoms with Crippen LogP contribution < -0.4 is 10.6 Å². The molecule has 0 aromatic heterocycles. The number of nitrogens with zero attached hydrogens (tertiary/aromatic N) is 1. The Labute approximate surface area is 123 Å². The lowest BCUT2D eigenvalue weighted by Crippen LogP contribution is -2.28. The number of halogens is 1. The van der Waals surface area contributed by atoms with Gasteiger partial charge in [-0.3, -0.25) is 14.9 Å². The Bertz CT molecular complexity index is 550. The van der Waals surface area contributed by atoms with Crippen LogP contribution in [0.2, 0.25) is 5.02 Å². The van der Waals surface area contributed by atoms with Crippen LogP contribution in [-0.4, -0.2) is 43.9 Å². The molecule has 0 unspecified atom stereocenters. The van der Waals surface area contributed by atoms with E-state index in [0.29, 0.717) is 22.8 Å². The van der Waals surface area contributed by atoms with Crippen LogP contribution in [0.15, 0.2) is 18.2 Å². The van der Waals surface area contributed by atoms with Gasteiger partial charge < -0.3 is 10.2 Å². The van der Waals surface area contributed by atoms with Gasteiger partial charge in [-0.15, -0.1) is 6.42 Å². The molecule has 0 bridgehead atoms. The summed E-state index contributed by atoms with van der Waals surface area (Å²) in [5.74, 6) is 1.92. The van der Waals surface area contributed by atoms with E-state index in [-0.39, 0.29) is 18.4 Å². The third kappa shape index (κ3) is 4.57. The van der Waals surface area contributed by atoms with E-state index in [0.717, 1.165) is 0 Å². The summed E-state index contributed by atoms with van der Waals surface area (Å²) in [6.45, 7) is 0.382.